The number of aliphatic hydroxyl groups excluding tert-OH is 1. The van der Waals surface area contributed by atoms with E-state index in [-0.39, 0.29) is 18.6 Å². The number of carbonyl (C=O) groups is 1. The third kappa shape index (κ3) is 3.18. The van der Waals surface area contributed by atoms with Gasteiger partial charge in [0.15, 0.2) is 0 Å². The average Bonchev–Trinajstić information content (AvgIpc) is 2.87. The van der Waals surface area contributed by atoms with E-state index >= 15 is 0 Å². The molecule has 5 N–H and O–H groups in total. The van der Waals surface area contributed by atoms with Gasteiger partial charge < -0.3 is 21.1 Å². The second-order valence-electron chi connectivity index (χ2n) is 4.97. The van der Waals surface area contributed by atoms with Gasteiger partial charge in [0.1, 0.15) is 0 Å². The summed E-state index contributed by atoms with van der Waals surface area (Å²) in [6, 6.07) is 7.08. The molecule has 1 heterocycles. The zero-order chi connectivity index (χ0) is 14.5. The molecule has 0 aliphatic rings. The highest BCUT2D eigenvalue weighted by molar-refractivity contribution is 5.86. The van der Waals surface area contributed by atoms with Crippen LogP contribution in [0.1, 0.15) is 18.9 Å². The lowest BCUT2D eigenvalue weighted by Crippen LogP contribution is -2.47. The van der Waals surface area contributed by atoms with Crippen molar-refractivity contribution in [1.82, 2.24) is 10.3 Å². The number of nitrogens with one attached hydrogen (secondary N) is 2. The predicted molar refractivity (Wildman–Crippen MR) is 79.3 cm³/mol. The van der Waals surface area contributed by atoms with Gasteiger partial charge in [-0.1, -0.05) is 25.1 Å². The van der Waals surface area contributed by atoms with Gasteiger partial charge in [0, 0.05) is 17.1 Å². The van der Waals surface area contributed by atoms with Gasteiger partial charge in [-0.2, -0.15) is 0 Å². The van der Waals surface area contributed by atoms with Gasteiger partial charge in [0.2, 0.25) is 5.91 Å². The van der Waals surface area contributed by atoms with Crippen molar-refractivity contribution in [2.75, 3.05) is 6.61 Å². The average molecular weight is 275 g/mol. The van der Waals surface area contributed by atoms with Gasteiger partial charge in [-0.05, 0) is 24.5 Å². The highest BCUT2D eigenvalue weighted by Gasteiger charge is 2.18. The molecule has 1 unspecified atom stereocenters. The summed E-state index contributed by atoms with van der Waals surface area (Å²) in [5.74, 6) is -0.226. The number of nitrogens with two attached hydrogens (primary N) is 1. The molecule has 2 aromatic rings. The number of benzene rings is 1. The van der Waals surface area contributed by atoms with Gasteiger partial charge in [0.25, 0.3) is 0 Å². The molecular formula is C15H21N3O2. The third-order valence-electron chi connectivity index (χ3n) is 3.51. The van der Waals surface area contributed by atoms with Crippen LogP contribution in [-0.4, -0.2) is 34.7 Å². The summed E-state index contributed by atoms with van der Waals surface area (Å²) in [5.41, 5.74) is 8.02. The summed E-state index contributed by atoms with van der Waals surface area (Å²) in [4.78, 5) is 15.1. The molecule has 5 heteroatoms. The maximum Gasteiger partial charge on any atom is 0.237 e. The molecule has 0 bridgehead atoms. The molecule has 0 aliphatic heterocycles. The maximum atomic E-state index is 12.0. The van der Waals surface area contributed by atoms with Crippen LogP contribution in [0.2, 0.25) is 0 Å². The van der Waals surface area contributed by atoms with Crippen LogP contribution in [0.3, 0.4) is 0 Å². The molecule has 0 radical (unpaired) electrons. The summed E-state index contributed by atoms with van der Waals surface area (Å²) in [6.07, 6.45) is 3.04. The summed E-state index contributed by atoms with van der Waals surface area (Å²) in [7, 11) is 0. The molecule has 20 heavy (non-hydrogen) atoms. The second-order valence-corrected chi connectivity index (χ2v) is 4.97. The monoisotopic (exact) mass is 275 g/mol. The smallest absolute Gasteiger partial charge is 0.237 e. The Morgan fingerprint density at radius 1 is 1.45 bits per heavy atom. The maximum absolute atomic E-state index is 12.0. The van der Waals surface area contributed by atoms with E-state index in [0.717, 1.165) is 16.5 Å². The summed E-state index contributed by atoms with van der Waals surface area (Å²) < 4.78 is 0. The Bertz CT molecular complexity index is 575. The minimum absolute atomic E-state index is 0.0674. The number of amides is 1. The van der Waals surface area contributed by atoms with E-state index in [0.29, 0.717) is 12.8 Å². The van der Waals surface area contributed by atoms with Gasteiger partial charge in [-0.15, -0.1) is 0 Å². The molecule has 1 amide bonds. The Labute approximate surface area is 118 Å². The van der Waals surface area contributed by atoms with E-state index in [9.17, 15) is 4.79 Å². The standard InChI is InChI=1S/C15H21N3O2/c1-2-11(9-19)18-15(20)13(16)7-10-8-17-14-6-4-3-5-12(10)14/h3-6,8,11,13,17,19H,2,7,9,16H2,1H3,(H,18,20)/t11-,13?/m0/s1. The number of hydrogen-bond donors (Lipinski definition) is 4. The molecule has 0 saturated heterocycles. The molecular weight excluding hydrogens is 254 g/mol. The fourth-order valence-electron chi connectivity index (χ4n) is 2.22. The minimum atomic E-state index is -0.616. The quantitative estimate of drug-likeness (QED) is 0.632. The molecule has 1 aromatic heterocycles. The van der Waals surface area contributed by atoms with Gasteiger partial charge in [0.05, 0.1) is 18.7 Å². The number of H-pyrrole nitrogens is 1. The van der Waals surface area contributed by atoms with Crippen molar-refractivity contribution in [2.24, 2.45) is 5.73 Å². The van der Waals surface area contributed by atoms with Crippen molar-refractivity contribution in [3.05, 3.63) is 36.0 Å². The normalized spacial score (nSPS) is 14.2. The molecule has 0 spiro atoms. The molecule has 0 fully saturated rings. The number of fused-ring (bicyclic) bond motifs is 1. The van der Waals surface area contributed by atoms with Crippen LogP contribution in [0.5, 0.6) is 0 Å². The van der Waals surface area contributed by atoms with Crippen molar-refractivity contribution in [2.45, 2.75) is 31.8 Å². The van der Waals surface area contributed by atoms with Crippen molar-refractivity contribution < 1.29 is 9.90 Å². The Morgan fingerprint density at radius 2 is 2.20 bits per heavy atom. The van der Waals surface area contributed by atoms with E-state index in [2.05, 4.69) is 10.3 Å². The Morgan fingerprint density at radius 3 is 2.90 bits per heavy atom. The highest BCUT2D eigenvalue weighted by Crippen LogP contribution is 2.18. The second kappa shape index (κ2) is 6.54. The minimum Gasteiger partial charge on any atom is -0.394 e. The van der Waals surface area contributed by atoms with E-state index < -0.39 is 6.04 Å². The van der Waals surface area contributed by atoms with E-state index in [4.69, 9.17) is 10.8 Å². The first-order valence-electron chi connectivity index (χ1n) is 6.87. The Balaban J connectivity index is 2.04. The summed E-state index contributed by atoms with van der Waals surface area (Å²) in [5, 5.41) is 12.9. The van der Waals surface area contributed by atoms with Crippen LogP contribution < -0.4 is 11.1 Å². The summed E-state index contributed by atoms with van der Waals surface area (Å²) >= 11 is 0. The first kappa shape index (κ1) is 14.6. The fourth-order valence-corrected chi connectivity index (χ4v) is 2.22. The first-order chi connectivity index (χ1) is 9.65. The lowest BCUT2D eigenvalue weighted by molar-refractivity contribution is -0.123. The van der Waals surface area contributed by atoms with Crippen molar-refractivity contribution >= 4 is 16.8 Å². The topological polar surface area (TPSA) is 91.1 Å². The number of aliphatic hydroxyl groups is 1. The number of hydrogen-bond acceptors (Lipinski definition) is 3. The molecule has 2 rings (SSSR count). The largest absolute Gasteiger partial charge is 0.394 e. The Hall–Kier alpha value is -1.85. The molecule has 1 aromatic carbocycles. The number of carbonyl (C=O) groups excluding carboxylic acids is 1. The first-order valence-corrected chi connectivity index (χ1v) is 6.87. The molecule has 2 atom stereocenters. The third-order valence-corrected chi connectivity index (χ3v) is 3.51. The number of aromatic amines is 1. The predicted octanol–water partition coefficient (Wildman–Crippen LogP) is 0.925. The lowest BCUT2D eigenvalue weighted by atomic mass is 10.0. The number of aromatic nitrogens is 1. The van der Waals surface area contributed by atoms with Gasteiger partial charge >= 0.3 is 0 Å². The van der Waals surface area contributed by atoms with Crippen molar-refractivity contribution in [1.29, 1.82) is 0 Å². The van der Waals surface area contributed by atoms with E-state index in [1.165, 1.54) is 0 Å². The zero-order valence-electron chi connectivity index (χ0n) is 11.6. The molecule has 5 nitrogen and oxygen atoms in total. The van der Waals surface area contributed by atoms with Gasteiger partial charge in [-0.25, -0.2) is 0 Å². The van der Waals surface area contributed by atoms with Crippen LogP contribution in [0, 0.1) is 0 Å². The van der Waals surface area contributed by atoms with Crippen LogP contribution >= 0.6 is 0 Å². The fraction of sp³-hybridized carbons (Fsp3) is 0.400. The number of rotatable bonds is 6. The molecule has 0 aliphatic carbocycles. The highest BCUT2D eigenvalue weighted by atomic mass is 16.3. The lowest BCUT2D eigenvalue weighted by Gasteiger charge is -2.17. The van der Waals surface area contributed by atoms with Gasteiger partial charge in [-0.3, -0.25) is 4.79 Å². The SMILES string of the molecule is CC[C@@H](CO)NC(=O)C(N)Cc1c[nH]c2ccccc12. The summed E-state index contributed by atoms with van der Waals surface area (Å²) in [6.45, 7) is 1.84. The Kier molecular flexibility index (Phi) is 4.76. The van der Waals surface area contributed by atoms with Crippen molar-refractivity contribution in [3.63, 3.8) is 0 Å². The van der Waals surface area contributed by atoms with Crippen molar-refractivity contribution in [3.8, 4) is 0 Å². The molecule has 108 valence electrons. The van der Waals surface area contributed by atoms with Crippen LogP contribution in [0.25, 0.3) is 10.9 Å². The molecule has 0 saturated carbocycles. The van der Waals surface area contributed by atoms with E-state index in [1.807, 2.05) is 37.4 Å². The van der Waals surface area contributed by atoms with Crippen LogP contribution in [0.15, 0.2) is 30.5 Å². The van der Waals surface area contributed by atoms with Crippen LogP contribution in [-0.2, 0) is 11.2 Å². The van der Waals surface area contributed by atoms with E-state index in [1.54, 1.807) is 0 Å². The van der Waals surface area contributed by atoms with Crippen LogP contribution in [0.4, 0.5) is 0 Å². The number of para-hydroxylation sites is 1. The zero-order valence-corrected chi connectivity index (χ0v) is 11.6.